The lowest BCUT2D eigenvalue weighted by Gasteiger charge is -2.11. The van der Waals surface area contributed by atoms with Crippen molar-refractivity contribution in [3.63, 3.8) is 0 Å². The highest BCUT2D eigenvalue weighted by Gasteiger charge is 2.28. The van der Waals surface area contributed by atoms with Crippen LogP contribution in [-0.2, 0) is 17.6 Å². The SMILES string of the molecule is COc1ccc2c(CCNC(=O)C3Cc4cc(Cl)ccc4O3)c[nH]c2c1. The Kier molecular flexibility index (Phi) is 4.47. The molecule has 5 nitrogen and oxygen atoms in total. The zero-order chi connectivity index (χ0) is 18.1. The first kappa shape index (κ1) is 16.8. The van der Waals surface area contributed by atoms with Gasteiger partial charge in [0.15, 0.2) is 6.10 Å². The number of carbonyl (C=O) groups is 1. The number of hydrogen-bond acceptors (Lipinski definition) is 3. The Morgan fingerprint density at radius 2 is 2.23 bits per heavy atom. The van der Waals surface area contributed by atoms with Crippen LogP contribution < -0.4 is 14.8 Å². The number of aromatic nitrogens is 1. The molecular weight excluding hydrogens is 352 g/mol. The lowest BCUT2D eigenvalue weighted by atomic mass is 10.1. The van der Waals surface area contributed by atoms with Crippen molar-refractivity contribution in [3.8, 4) is 11.5 Å². The molecule has 2 aromatic carbocycles. The zero-order valence-electron chi connectivity index (χ0n) is 14.3. The van der Waals surface area contributed by atoms with Gasteiger partial charge in [-0.15, -0.1) is 0 Å². The molecule has 0 radical (unpaired) electrons. The molecule has 0 saturated heterocycles. The number of H-pyrrole nitrogens is 1. The summed E-state index contributed by atoms with van der Waals surface area (Å²) in [5.41, 5.74) is 3.16. The van der Waals surface area contributed by atoms with E-state index < -0.39 is 6.10 Å². The van der Waals surface area contributed by atoms with Crippen molar-refractivity contribution in [1.82, 2.24) is 10.3 Å². The first-order chi connectivity index (χ1) is 12.6. The number of methoxy groups -OCH3 is 1. The van der Waals surface area contributed by atoms with Crippen molar-refractivity contribution in [2.45, 2.75) is 18.9 Å². The Bertz CT molecular complexity index is 967. The minimum absolute atomic E-state index is 0.0983. The number of amides is 1. The van der Waals surface area contributed by atoms with Crippen LogP contribution in [0.4, 0.5) is 0 Å². The predicted molar refractivity (Wildman–Crippen MR) is 101 cm³/mol. The largest absolute Gasteiger partial charge is 0.497 e. The van der Waals surface area contributed by atoms with E-state index in [9.17, 15) is 4.79 Å². The molecule has 1 amide bonds. The summed E-state index contributed by atoms with van der Waals surface area (Å²) < 4.78 is 11.0. The van der Waals surface area contributed by atoms with E-state index in [4.69, 9.17) is 21.1 Å². The Morgan fingerprint density at radius 1 is 1.35 bits per heavy atom. The van der Waals surface area contributed by atoms with E-state index in [0.717, 1.165) is 39.9 Å². The second kappa shape index (κ2) is 6.92. The standard InChI is InChI=1S/C20H19ClN2O3/c1-25-15-3-4-16-12(11-23-17(16)10-15)6-7-22-20(24)19-9-13-8-14(21)2-5-18(13)26-19/h2-5,8,10-11,19,23H,6-7,9H2,1H3,(H,22,24). The van der Waals surface area contributed by atoms with Gasteiger partial charge in [0.1, 0.15) is 11.5 Å². The van der Waals surface area contributed by atoms with E-state index in [1.165, 1.54) is 0 Å². The number of fused-ring (bicyclic) bond motifs is 2. The molecule has 0 saturated carbocycles. The van der Waals surface area contributed by atoms with E-state index in [1.54, 1.807) is 13.2 Å². The molecule has 1 unspecified atom stereocenters. The number of hydrogen-bond donors (Lipinski definition) is 2. The molecule has 0 aliphatic carbocycles. The molecule has 1 atom stereocenters. The summed E-state index contributed by atoms with van der Waals surface area (Å²) in [5, 5.41) is 4.76. The van der Waals surface area contributed by atoms with Crippen LogP contribution in [-0.4, -0.2) is 30.6 Å². The molecule has 1 aliphatic rings. The fourth-order valence-electron chi connectivity index (χ4n) is 3.30. The van der Waals surface area contributed by atoms with Gasteiger partial charge in [0.2, 0.25) is 0 Å². The van der Waals surface area contributed by atoms with Crippen LogP contribution in [0.5, 0.6) is 11.5 Å². The molecule has 6 heteroatoms. The maximum Gasteiger partial charge on any atom is 0.261 e. The van der Waals surface area contributed by atoms with Crippen LogP contribution in [0.15, 0.2) is 42.6 Å². The highest BCUT2D eigenvalue weighted by molar-refractivity contribution is 6.30. The second-order valence-corrected chi connectivity index (χ2v) is 6.77. The second-order valence-electron chi connectivity index (χ2n) is 6.33. The number of nitrogens with one attached hydrogen (secondary N) is 2. The molecule has 0 spiro atoms. The van der Waals surface area contributed by atoms with Crippen LogP contribution >= 0.6 is 11.6 Å². The van der Waals surface area contributed by atoms with Gasteiger partial charge in [-0.3, -0.25) is 4.79 Å². The third-order valence-electron chi connectivity index (χ3n) is 4.66. The summed E-state index contributed by atoms with van der Waals surface area (Å²) in [6.07, 6.45) is 2.77. The Hall–Kier alpha value is -2.66. The summed E-state index contributed by atoms with van der Waals surface area (Å²) in [7, 11) is 1.65. The normalized spacial score (nSPS) is 15.5. The van der Waals surface area contributed by atoms with Crippen molar-refractivity contribution >= 4 is 28.4 Å². The first-order valence-electron chi connectivity index (χ1n) is 8.51. The summed E-state index contributed by atoms with van der Waals surface area (Å²) in [6.45, 7) is 0.550. The quantitative estimate of drug-likeness (QED) is 0.722. The fourth-order valence-corrected chi connectivity index (χ4v) is 3.49. The predicted octanol–water partition coefficient (Wildman–Crippen LogP) is 3.49. The average Bonchev–Trinajstić information content (AvgIpc) is 3.24. The van der Waals surface area contributed by atoms with Crippen LogP contribution in [0, 0.1) is 0 Å². The van der Waals surface area contributed by atoms with Crippen LogP contribution in [0.25, 0.3) is 10.9 Å². The first-order valence-corrected chi connectivity index (χ1v) is 8.88. The molecule has 26 heavy (non-hydrogen) atoms. The van der Waals surface area contributed by atoms with Gasteiger partial charge >= 0.3 is 0 Å². The number of rotatable bonds is 5. The van der Waals surface area contributed by atoms with Gasteiger partial charge < -0.3 is 19.8 Å². The fraction of sp³-hybridized carbons (Fsp3) is 0.250. The van der Waals surface area contributed by atoms with E-state index in [2.05, 4.69) is 10.3 Å². The molecular formula is C20H19ClN2O3. The van der Waals surface area contributed by atoms with E-state index in [0.29, 0.717) is 18.0 Å². The maximum atomic E-state index is 12.4. The van der Waals surface area contributed by atoms with Gasteiger partial charge in [-0.25, -0.2) is 0 Å². The van der Waals surface area contributed by atoms with Crippen LogP contribution in [0.2, 0.25) is 5.02 Å². The van der Waals surface area contributed by atoms with Gasteiger partial charge in [0.25, 0.3) is 5.91 Å². The molecule has 3 aromatic rings. The number of aromatic amines is 1. The zero-order valence-corrected chi connectivity index (χ0v) is 15.1. The van der Waals surface area contributed by atoms with Gasteiger partial charge in [0.05, 0.1) is 7.11 Å². The topological polar surface area (TPSA) is 63.4 Å². The number of benzene rings is 2. The summed E-state index contributed by atoms with van der Waals surface area (Å²) in [6, 6.07) is 11.4. The minimum atomic E-state index is -0.490. The van der Waals surface area contributed by atoms with Crippen molar-refractivity contribution < 1.29 is 14.3 Å². The lowest BCUT2D eigenvalue weighted by molar-refractivity contribution is -0.127. The summed E-state index contributed by atoms with van der Waals surface area (Å²) >= 11 is 5.99. The summed E-state index contributed by atoms with van der Waals surface area (Å²) in [4.78, 5) is 15.6. The molecule has 0 bridgehead atoms. The smallest absolute Gasteiger partial charge is 0.261 e. The van der Waals surface area contributed by atoms with Crippen molar-refractivity contribution in [2.75, 3.05) is 13.7 Å². The third-order valence-corrected chi connectivity index (χ3v) is 4.89. The molecule has 4 rings (SSSR count). The van der Waals surface area contributed by atoms with E-state index in [1.807, 2.05) is 36.5 Å². The monoisotopic (exact) mass is 370 g/mol. The molecule has 2 N–H and O–H groups in total. The van der Waals surface area contributed by atoms with Gasteiger partial charge in [-0.05, 0) is 47.9 Å². The van der Waals surface area contributed by atoms with Crippen LogP contribution in [0.1, 0.15) is 11.1 Å². The highest BCUT2D eigenvalue weighted by atomic mass is 35.5. The van der Waals surface area contributed by atoms with Gasteiger partial charge in [-0.2, -0.15) is 0 Å². The maximum absolute atomic E-state index is 12.4. The van der Waals surface area contributed by atoms with E-state index >= 15 is 0 Å². The lowest BCUT2D eigenvalue weighted by Crippen LogP contribution is -2.38. The molecule has 1 aromatic heterocycles. The van der Waals surface area contributed by atoms with Gasteiger partial charge in [0, 0.05) is 41.2 Å². The number of carbonyl (C=O) groups excluding carboxylic acids is 1. The molecule has 0 fully saturated rings. The van der Waals surface area contributed by atoms with Crippen molar-refractivity contribution in [3.05, 3.63) is 58.7 Å². The Labute approximate surface area is 156 Å². The minimum Gasteiger partial charge on any atom is -0.497 e. The Balaban J connectivity index is 1.35. The summed E-state index contributed by atoms with van der Waals surface area (Å²) in [5.74, 6) is 1.45. The van der Waals surface area contributed by atoms with Crippen LogP contribution in [0.3, 0.4) is 0 Å². The number of halogens is 1. The average molecular weight is 371 g/mol. The van der Waals surface area contributed by atoms with E-state index in [-0.39, 0.29) is 5.91 Å². The van der Waals surface area contributed by atoms with Crippen molar-refractivity contribution in [2.24, 2.45) is 0 Å². The molecule has 2 heterocycles. The van der Waals surface area contributed by atoms with Crippen molar-refractivity contribution in [1.29, 1.82) is 0 Å². The van der Waals surface area contributed by atoms with Gasteiger partial charge in [-0.1, -0.05) is 11.6 Å². The third kappa shape index (κ3) is 3.22. The Morgan fingerprint density at radius 3 is 3.08 bits per heavy atom. The molecule has 1 aliphatic heterocycles. The molecule has 134 valence electrons. The number of ether oxygens (including phenoxy) is 2. The highest BCUT2D eigenvalue weighted by Crippen LogP contribution is 2.31.